The van der Waals surface area contributed by atoms with Crippen molar-refractivity contribution in [3.05, 3.63) is 24.0 Å². The Balaban J connectivity index is 2.88. The highest BCUT2D eigenvalue weighted by molar-refractivity contribution is 7.89. The Labute approximate surface area is 125 Å². The largest absolute Gasteiger partial charge is 0.395 e. The number of methoxy groups -OCH3 is 1. The zero-order valence-corrected chi connectivity index (χ0v) is 13.1. The fourth-order valence-corrected chi connectivity index (χ4v) is 2.78. The SMILES string of the molecule is COCCCN(C)S(=O)(=O)c1cncc(C#CCCO)c1. The van der Waals surface area contributed by atoms with Gasteiger partial charge in [0.2, 0.25) is 10.0 Å². The van der Waals surface area contributed by atoms with Gasteiger partial charge in [-0.25, -0.2) is 12.7 Å². The van der Waals surface area contributed by atoms with Crippen molar-refractivity contribution in [2.45, 2.75) is 17.7 Å². The predicted octanol–water partition coefficient (Wildman–Crippen LogP) is 0.472. The fourth-order valence-electron chi connectivity index (χ4n) is 1.58. The van der Waals surface area contributed by atoms with Crippen LogP contribution in [0, 0.1) is 11.8 Å². The van der Waals surface area contributed by atoms with Crippen LogP contribution < -0.4 is 0 Å². The molecule has 1 heterocycles. The topological polar surface area (TPSA) is 79.7 Å². The molecular weight excluding hydrogens is 292 g/mol. The zero-order chi connectivity index (χ0) is 15.7. The molecule has 0 saturated carbocycles. The molecule has 0 saturated heterocycles. The second-order valence-corrected chi connectivity index (χ2v) is 6.40. The first-order valence-corrected chi connectivity index (χ1v) is 7.96. The third kappa shape index (κ3) is 5.44. The Morgan fingerprint density at radius 2 is 2.19 bits per heavy atom. The van der Waals surface area contributed by atoms with Crippen molar-refractivity contribution in [2.24, 2.45) is 0 Å². The molecular formula is C14H20N2O4S. The van der Waals surface area contributed by atoms with Crippen molar-refractivity contribution in [2.75, 3.05) is 33.9 Å². The van der Waals surface area contributed by atoms with E-state index in [4.69, 9.17) is 9.84 Å². The summed E-state index contributed by atoms with van der Waals surface area (Å²) in [5, 5.41) is 8.67. The molecule has 0 fully saturated rings. The summed E-state index contributed by atoms with van der Waals surface area (Å²) in [6.07, 6.45) is 3.76. The number of aromatic nitrogens is 1. The van der Waals surface area contributed by atoms with Gasteiger partial charge in [-0.1, -0.05) is 11.8 Å². The van der Waals surface area contributed by atoms with Gasteiger partial charge in [-0.05, 0) is 12.5 Å². The summed E-state index contributed by atoms with van der Waals surface area (Å²) in [5.74, 6) is 5.51. The molecule has 0 unspecified atom stereocenters. The number of hydrogen-bond donors (Lipinski definition) is 1. The van der Waals surface area contributed by atoms with Gasteiger partial charge in [0.1, 0.15) is 4.90 Å². The first-order valence-electron chi connectivity index (χ1n) is 6.52. The lowest BCUT2D eigenvalue weighted by Gasteiger charge is -2.16. The van der Waals surface area contributed by atoms with Gasteiger partial charge in [0.05, 0.1) is 6.61 Å². The van der Waals surface area contributed by atoms with Gasteiger partial charge < -0.3 is 9.84 Å². The molecule has 0 aromatic carbocycles. The highest BCUT2D eigenvalue weighted by atomic mass is 32.2. The van der Waals surface area contributed by atoms with Crippen molar-refractivity contribution in [3.63, 3.8) is 0 Å². The molecule has 0 aliphatic carbocycles. The van der Waals surface area contributed by atoms with E-state index >= 15 is 0 Å². The first kappa shape index (κ1) is 17.6. The van der Waals surface area contributed by atoms with Crippen LogP contribution in [0.5, 0.6) is 0 Å². The van der Waals surface area contributed by atoms with E-state index in [-0.39, 0.29) is 11.5 Å². The number of nitrogens with zero attached hydrogens (tertiary/aromatic N) is 2. The van der Waals surface area contributed by atoms with Crippen LogP contribution in [-0.4, -0.2) is 56.7 Å². The number of pyridine rings is 1. The predicted molar refractivity (Wildman–Crippen MR) is 79.1 cm³/mol. The highest BCUT2D eigenvalue weighted by Crippen LogP contribution is 2.14. The average molecular weight is 312 g/mol. The van der Waals surface area contributed by atoms with Gasteiger partial charge in [0.25, 0.3) is 0 Å². The number of hydrogen-bond acceptors (Lipinski definition) is 5. The third-order valence-electron chi connectivity index (χ3n) is 2.71. The summed E-state index contributed by atoms with van der Waals surface area (Å²) in [6, 6.07) is 1.49. The minimum absolute atomic E-state index is 0.0271. The number of sulfonamides is 1. The van der Waals surface area contributed by atoms with Crippen molar-refractivity contribution >= 4 is 10.0 Å². The maximum Gasteiger partial charge on any atom is 0.244 e. The minimum Gasteiger partial charge on any atom is -0.395 e. The molecule has 0 radical (unpaired) electrons. The molecule has 0 spiro atoms. The standard InChI is InChI=1S/C14H20N2O4S/c1-16(7-5-9-20-2)21(18,19)14-10-13(11-15-12-14)6-3-4-8-17/h10-12,17H,4-5,7-9H2,1-2H3. The van der Waals surface area contributed by atoms with E-state index < -0.39 is 10.0 Å². The molecule has 0 aliphatic rings. The lowest BCUT2D eigenvalue weighted by molar-refractivity contribution is 0.189. The minimum atomic E-state index is -3.57. The van der Waals surface area contributed by atoms with E-state index in [1.807, 2.05) is 0 Å². The molecule has 6 nitrogen and oxygen atoms in total. The molecule has 1 aromatic rings. The number of rotatable bonds is 7. The Morgan fingerprint density at radius 3 is 2.86 bits per heavy atom. The monoisotopic (exact) mass is 312 g/mol. The van der Waals surface area contributed by atoms with Gasteiger partial charge in [0, 0.05) is 51.7 Å². The van der Waals surface area contributed by atoms with Crippen molar-refractivity contribution < 1.29 is 18.3 Å². The summed E-state index contributed by atoms with van der Waals surface area (Å²) >= 11 is 0. The van der Waals surface area contributed by atoms with Crippen molar-refractivity contribution in [1.29, 1.82) is 0 Å². The molecule has 0 amide bonds. The highest BCUT2D eigenvalue weighted by Gasteiger charge is 2.20. The van der Waals surface area contributed by atoms with Gasteiger partial charge in [-0.2, -0.15) is 0 Å². The molecule has 1 N–H and O–H groups in total. The summed E-state index contributed by atoms with van der Waals surface area (Å²) in [5.41, 5.74) is 0.509. The fraction of sp³-hybridized carbons (Fsp3) is 0.500. The summed E-state index contributed by atoms with van der Waals surface area (Å²) in [4.78, 5) is 4.02. The summed E-state index contributed by atoms with van der Waals surface area (Å²) < 4.78 is 30.9. The van der Waals surface area contributed by atoms with E-state index in [0.29, 0.717) is 31.6 Å². The maximum atomic E-state index is 12.4. The van der Waals surface area contributed by atoms with E-state index in [0.717, 1.165) is 0 Å². The number of aliphatic hydroxyl groups is 1. The maximum absolute atomic E-state index is 12.4. The Morgan fingerprint density at radius 1 is 1.43 bits per heavy atom. The lowest BCUT2D eigenvalue weighted by Crippen LogP contribution is -2.28. The number of aliphatic hydroxyl groups excluding tert-OH is 1. The van der Waals surface area contributed by atoms with Crippen molar-refractivity contribution in [1.82, 2.24) is 9.29 Å². The number of ether oxygens (including phenoxy) is 1. The Kier molecular flexibility index (Phi) is 7.32. The van der Waals surface area contributed by atoms with Gasteiger partial charge >= 0.3 is 0 Å². The summed E-state index contributed by atoms with van der Waals surface area (Å²) in [7, 11) is -0.475. The van der Waals surface area contributed by atoms with Crippen LogP contribution in [0.1, 0.15) is 18.4 Å². The first-order chi connectivity index (χ1) is 10.0. The van der Waals surface area contributed by atoms with Crippen LogP contribution in [0.3, 0.4) is 0 Å². The molecule has 0 aliphatic heterocycles. The quantitative estimate of drug-likeness (QED) is 0.585. The summed E-state index contributed by atoms with van der Waals surface area (Å²) in [6.45, 7) is 0.849. The van der Waals surface area contributed by atoms with Crippen LogP contribution in [-0.2, 0) is 14.8 Å². The smallest absolute Gasteiger partial charge is 0.244 e. The van der Waals surface area contributed by atoms with Crippen molar-refractivity contribution in [3.8, 4) is 11.8 Å². The van der Waals surface area contributed by atoms with Crippen LogP contribution in [0.2, 0.25) is 0 Å². The van der Waals surface area contributed by atoms with Crippen LogP contribution in [0.15, 0.2) is 23.4 Å². The van der Waals surface area contributed by atoms with Crippen LogP contribution in [0.4, 0.5) is 0 Å². The lowest BCUT2D eigenvalue weighted by atomic mass is 10.3. The third-order valence-corrected chi connectivity index (χ3v) is 4.53. The molecule has 0 atom stereocenters. The molecule has 1 aromatic heterocycles. The molecule has 7 heteroatoms. The van der Waals surface area contributed by atoms with Crippen LogP contribution >= 0.6 is 0 Å². The average Bonchev–Trinajstić information content (AvgIpc) is 2.48. The second-order valence-electron chi connectivity index (χ2n) is 4.36. The normalized spacial score (nSPS) is 11.2. The Hall–Kier alpha value is -1.46. The van der Waals surface area contributed by atoms with E-state index in [1.54, 1.807) is 7.11 Å². The van der Waals surface area contributed by atoms with Gasteiger partial charge in [-0.3, -0.25) is 4.98 Å². The zero-order valence-electron chi connectivity index (χ0n) is 12.2. The Bertz CT molecular complexity index is 605. The second kappa shape index (κ2) is 8.74. The van der Waals surface area contributed by atoms with Gasteiger partial charge in [-0.15, -0.1) is 0 Å². The van der Waals surface area contributed by atoms with Crippen LogP contribution in [0.25, 0.3) is 0 Å². The molecule has 1 rings (SSSR count). The van der Waals surface area contributed by atoms with E-state index in [2.05, 4.69) is 16.8 Å². The molecule has 21 heavy (non-hydrogen) atoms. The van der Waals surface area contributed by atoms with E-state index in [1.165, 1.54) is 29.8 Å². The van der Waals surface area contributed by atoms with Gasteiger partial charge in [0.15, 0.2) is 0 Å². The molecule has 116 valence electrons. The van der Waals surface area contributed by atoms with E-state index in [9.17, 15) is 8.42 Å². The molecule has 0 bridgehead atoms.